The number of likely N-dealkylation sites (N-methyl/N-ethyl adjacent to an activating group) is 1. The summed E-state index contributed by atoms with van der Waals surface area (Å²) in [6, 6.07) is 4.29. The van der Waals surface area contributed by atoms with Crippen molar-refractivity contribution in [2.45, 2.75) is 95.8 Å². The van der Waals surface area contributed by atoms with E-state index in [0.29, 0.717) is 59.9 Å². The molecule has 14 nitrogen and oxygen atoms in total. The average Bonchev–Trinajstić information content (AvgIpc) is 3.61. The molecular weight excluding hydrogens is 779 g/mol. The number of thioether (sulfide) groups is 1. The van der Waals surface area contributed by atoms with Crippen LogP contribution < -0.4 is 29.0 Å². The Balaban J connectivity index is 0.00000260. The van der Waals surface area contributed by atoms with Gasteiger partial charge in [0.25, 0.3) is 0 Å². The molecule has 59 heavy (non-hydrogen) atoms. The maximum absolute atomic E-state index is 14.8. The van der Waals surface area contributed by atoms with Crippen molar-refractivity contribution >= 4 is 23.9 Å². The Kier molecular flexibility index (Phi) is 11.6. The van der Waals surface area contributed by atoms with Crippen LogP contribution in [0.25, 0.3) is 0 Å². The maximum Gasteiger partial charge on any atom is 0.514 e. The van der Waals surface area contributed by atoms with Gasteiger partial charge in [0.05, 0.1) is 31.6 Å². The molecule has 15 heteroatoms. The van der Waals surface area contributed by atoms with E-state index in [4.69, 9.17) is 33.2 Å². The van der Waals surface area contributed by atoms with Crippen molar-refractivity contribution in [2.24, 2.45) is 0 Å². The van der Waals surface area contributed by atoms with Crippen LogP contribution in [0.2, 0.25) is 0 Å². The maximum atomic E-state index is 14.8. The predicted molar refractivity (Wildman–Crippen MR) is 222 cm³/mol. The molecule has 0 aromatic heterocycles. The molecule has 6 aliphatic heterocycles. The Bertz CT molecular complexity index is 2150. The first kappa shape index (κ1) is 42.6. The van der Waals surface area contributed by atoms with Crippen molar-refractivity contribution in [3.05, 3.63) is 62.7 Å². The van der Waals surface area contributed by atoms with Gasteiger partial charge in [0.2, 0.25) is 6.79 Å². The van der Waals surface area contributed by atoms with Gasteiger partial charge in [0.1, 0.15) is 18.0 Å². The van der Waals surface area contributed by atoms with Gasteiger partial charge in [0, 0.05) is 47.1 Å². The summed E-state index contributed by atoms with van der Waals surface area (Å²) in [4.78, 5) is 32.1. The van der Waals surface area contributed by atoms with E-state index in [1.165, 1.54) is 18.9 Å². The zero-order valence-corrected chi connectivity index (χ0v) is 36.7. The Morgan fingerprint density at radius 1 is 0.949 bits per heavy atom. The van der Waals surface area contributed by atoms with E-state index in [0.717, 1.165) is 27.8 Å². The van der Waals surface area contributed by atoms with Crippen LogP contribution in [0.4, 0.5) is 4.79 Å². The van der Waals surface area contributed by atoms with Crippen LogP contribution in [0.3, 0.4) is 0 Å². The van der Waals surface area contributed by atoms with Crippen molar-refractivity contribution in [1.29, 1.82) is 0 Å². The van der Waals surface area contributed by atoms with Crippen molar-refractivity contribution in [3.8, 4) is 40.2 Å². The standard InChI is InChI=1S/C42H51N3O11S.C2H6/c1-20-14-23-11-13-45-25-17-52-39(48)42(24-16-26(50-8)27(15-22(24)10-12-43-42)55-40(49)56-41(3,4)5)18-57-38(30-29(25)37-36(53-19-54-37)21(2)33(30)46)32(45)31(44(6)7)28(23)34(47)35(20)51-9;1-2/h14-16,25,31-32,38,43,46-47H,10-13,17-19H2,1-9H3;1-2H3/t25?,31?,32?,38?,42-;/m1./s1. The van der Waals surface area contributed by atoms with Gasteiger partial charge in [-0.2, -0.15) is 0 Å². The number of benzene rings is 3. The Morgan fingerprint density at radius 2 is 1.68 bits per heavy atom. The molecule has 0 aliphatic carbocycles. The lowest BCUT2D eigenvalue weighted by Crippen LogP contribution is -2.58. The highest BCUT2D eigenvalue weighted by Crippen LogP contribution is 2.62. The Hall–Kier alpha value is -4.57. The molecule has 1 spiro atoms. The third-order valence-electron chi connectivity index (χ3n) is 11.8. The summed E-state index contributed by atoms with van der Waals surface area (Å²) in [5.41, 5.74) is 3.94. The molecule has 3 N–H and O–H groups in total. The van der Waals surface area contributed by atoms with Crippen molar-refractivity contribution < 1.29 is 53.0 Å². The Morgan fingerprint density at radius 3 is 2.36 bits per heavy atom. The van der Waals surface area contributed by atoms with Gasteiger partial charge in [-0.1, -0.05) is 19.9 Å². The number of phenolic OH excluding ortho intramolecular Hbond substituents is 2. The molecule has 0 saturated carbocycles. The fourth-order valence-electron chi connectivity index (χ4n) is 9.48. The molecule has 0 amide bonds. The minimum Gasteiger partial charge on any atom is -0.507 e. The van der Waals surface area contributed by atoms with Crippen LogP contribution in [0.5, 0.6) is 40.2 Å². The second-order valence-corrected chi connectivity index (χ2v) is 17.7. The van der Waals surface area contributed by atoms with Gasteiger partial charge >= 0.3 is 12.1 Å². The highest BCUT2D eigenvalue weighted by molar-refractivity contribution is 7.99. The first-order chi connectivity index (χ1) is 28.1. The SMILES string of the molecule is CC.COc1cc2c(cc1OC(=O)OC(C)(C)C)CCN[C@]21CSC2c3c(O)c(C)c4c(c3C(COC1=O)N1CCc3cc(C)c(OC)c(O)c3C(N(C)C)C21)OCO4. The number of nitrogens with zero attached hydrogens (tertiary/aromatic N) is 2. The summed E-state index contributed by atoms with van der Waals surface area (Å²) in [6.07, 6.45) is 0.279. The van der Waals surface area contributed by atoms with Crippen LogP contribution in [-0.2, 0) is 32.6 Å². The van der Waals surface area contributed by atoms with Crippen molar-refractivity contribution in [2.75, 3.05) is 60.6 Å². The van der Waals surface area contributed by atoms with E-state index in [2.05, 4.69) is 21.2 Å². The predicted octanol–water partition coefficient (Wildman–Crippen LogP) is 6.76. The molecule has 9 rings (SSSR count). The summed E-state index contributed by atoms with van der Waals surface area (Å²) >= 11 is 1.54. The molecular formula is C44H57N3O11S. The normalized spacial score (nSPS) is 24.4. The third-order valence-corrected chi connectivity index (χ3v) is 13.3. The zero-order valence-electron chi connectivity index (χ0n) is 35.9. The summed E-state index contributed by atoms with van der Waals surface area (Å²) in [5.74, 6) is 1.82. The number of carbonyl (C=O) groups excluding carboxylic acids is 2. The van der Waals surface area contributed by atoms with E-state index in [-0.39, 0.29) is 54.2 Å². The van der Waals surface area contributed by atoms with E-state index in [9.17, 15) is 19.8 Å². The van der Waals surface area contributed by atoms with Gasteiger partial charge < -0.3 is 48.3 Å². The molecule has 6 heterocycles. The minimum atomic E-state index is -1.35. The second kappa shape index (κ2) is 16.1. The molecule has 6 aliphatic rings. The molecule has 1 fully saturated rings. The van der Waals surface area contributed by atoms with Crippen LogP contribution >= 0.6 is 11.8 Å². The average molecular weight is 836 g/mol. The topological polar surface area (TPSA) is 158 Å². The summed E-state index contributed by atoms with van der Waals surface area (Å²) in [5, 5.41) is 27.4. The summed E-state index contributed by atoms with van der Waals surface area (Å²) < 4.78 is 41.2. The zero-order chi connectivity index (χ0) is 42.7. The molecule has 1 saturated heterocycles. The van der Waals surface area contributed by atoms with Crippen LogP contribution in [0.1, 0.15) is 96.5 Å². The van der Waals surface area contributed by atoms with Gasteiger partial charge in [-0.25, -0.2) is 9.59 Å². The quantitative estimate of drug-likeness (QED) is 0.187. The number of methoxy groups -OCH3 is 2. The highest BCUT2D eigenvalue weighted by Gasteiger charge is 2.56. The van der Waals surface area contributed by atoms with Gasteiger partial charge in [0.15, 0.2) is 40.0 Å². The number of fused-ring (bicyclic) bond motifs is 6. The first-order valence-corrected chi connectivity index (χ1v) is 21.3. The second-order valence-electron chi connectivity index (χ2n) is 16.6. The summed E-state index contributed by atoms with van der Waals surface area (Å²) in [6.45, 7) is 14.0. The van der Waals surface area contributed by atoms with Gasteiger partial charge in [-0.15, -0.1) is 11.8 Å². The number of carbonyl (C=O) groups is 2. The van der Waals surface area contributed by atoms with Crippen LogP contribution in [-0.4, -0.2) is 104 Å². The molecule has 5 atom stereocenters. The number of nitrogens with one attached hydrogen (secondary N) is 1. The molecule has 3 aromatic rings. The third kappa shape index (κ3) is 7.07. The van der Waals surface area contributed by atoms with Crippen LogP contribution in [0, 0.1) is 13.8 Å². The number of aryl methyl sites for hydroxylation is 1. The minimum absolute atomic E-state index is 0.00377. The highest BCUT2D eigenvalue weighted by atomic mass is 32.2. The number of rotatable bonds is 4. The van der Waals surface area contributed by atoms with E-state index in [1.54, 1.807) is 40.0 Å². The van der Waals surface area contributed by atoms with E-state index < -0.39 is 34.6 Å². The number of ether oxygens (including phenoxy) is 7. The fraction of sp³-hybridized carbons (Fsp3) is 0.545. The lowest BCUT2D eigenvalue weighted by Gasteiger charge is -2.52. The number of hydrogen-bond donors (Lipinski definition) is 3. The van der Waals surface area contributed by atoms with Crippen LogP contribution in [0.15, 0.2) is 18.2 Å². The molecule has 320 valence electrons. The molecule has 0 radical (unpaired) electrons. The number of aromatic hydroxyl groups is 2. The number of esters is 1. The van der Waals surface area contributed by atoms with E-state index >= 15 is 0 Å². The number of hydrogen-bond acceptors (Lipinski definition) is 15. The molecule has 3 aromatic carbocycles. The van der Waals surface area contributed by atoms with Gasteiger partial charge in [-0.3, -0.25) is 10.2 Å². The largest absolute Gasteiger partial charge is 0.514 e. The molecule has 4 unspecified atom stereocenters. The lowest BCUT2D eigenvalue weighted by molar-refractivity contribution is -0.154. The van der Waals surface area contributed by atoms with Crippen molar-refractivity contribution in [1.82, 2.24) is 15.1 Å². The first-order valence-electron chi connectivity index (χ1n) is 20.2. The fourth-order valence-corrected chi connectivity index (χ4v) is 11.2. The Labute approximate surface area is 350 Å². The monoisotopic (exact) mass is 835 g/mol. The van der Waals surface area contributed by atoms with E-state index in [1.807, 2.05) is 41.8 Å². The number of phenols is 2. The lowest BCUT2D eigenvalue weighted by atomic mass is 9.80. The molecule has 2 bridgehead atoms. The van der Waals surface area contributed by atoms with Crippen molar-refractivity contribution in [3.63, 3.8) is 0 Å². The van der Waals surface area contributed by atoms with Gasteiger partial charge in [-0.05, 0) is 95.9 Å². The smallest absolute Gasteiger partial charge is 0.507 e. The summed E-state index contributed by atoms with van der Waals surface area (Å²) in [7, 11) is 7.03.